The maximum absolute atomic E-state index is 14.0. The second kappa shape index (κ2) is 56.2. The lowest BCUT2D eigenvalue weighted by molar-refractivity contribution is -0.134. The molecule has 0 saturated heterocycles. The Morgan fingerprint density at radius 3 is 1.15 bits per heavy atom. The van der Waals surface area contributed by atoms with Gasteiger partial charge in [0, 0.05) is 38.8 Å². The fraction of sp³-hybridized carbons (Fsp3) is 0.872. The van der Waals surface area contributed by atoms with E-state index in [0.717, 1.165) is 0 Å². The van der Waals surface area contributed by atoms with Crippen LogP contribution in [0.2, 0.25) is 0 Å². The Bertz CT molecular complexity index is 1610. The van der Waals surface area contributed by atoms with Crippen LogP contribution in [0.4, 0.5) is 0 Å². The highest BCUT2D eigenvalue weighted by Crippen LogP contribution is 2.37. The predicted molar refractivity (Wildman–Crippen MR) is 290 cm³/mol. The van der Waals surface area contributed by atoms with Crippen molar-refractivity contribution in [1.29, 1.82) is 0 Å². The standard InChI is InChI=1S/C47H94N9O22PS/c1-79(64,80)78-33-39(32-57)8-2-5-11-53-44(60)36-74-38-54-46(62)40(9-3-6-12-51-42(58)34-71-23-20-65-14-17-68-26-29-75-48)56-47(63)41(55-45(61)37-73-25-22-67-16-19-70-28-31-77-50)10-4-7-13-52-43(59)35-72-24-21-66-15-18-69-27-30-76-49/h39-41,57H,2-38,48-50H2,1H3,(H,51,58)(H,52,59)(H,53,60)(H,54,62)(H,55,61)(H,56,63)(H,64,80). The molecule has 33 heteroatoms. The first-order valence-electron chi connectivity index (χ1n) is 26.7. The summed E-state index contributed by atoms with van der Waals surface area (Å²) in [6.07, 6.45) is 3.63. The summed E-state index contributed by atoms with van der Waals surface area (Å²) in [6.45, 7) is 2.61. The van der Waals surface area contributed by atoms with Gasteiger partial charge in [-0.15, -0.1) is 0 Å². The zero-order valence-electron chi connectivity index (χ0n) is 46.5. The molecule has 14 N–H and O–H groups in total. The van der Waals surface area contributed by atoms with Crippen molar-refractivity contribution in [2.75, 3.05) is 192 Å². The third kappa shape index (κ3) is 52.8. The van der Waals surface area contributed by atoms with Crippen molar-refractivity contribution in [3.63, 3.8) is 0 Å². The van der Waals surface area contributed by atoms with Gasteiger partial charge in [-0.1, -0.05) is 6.42 Å². The second-order valence-corrected chi connectivity index (χ2v) is 21.2. The van der Waals surface area contributed by atoms with Crippen LogP contribution in [0.1, 0.15) is 57.8 Å². The third-order valence-corrected chi connectivity index (χ3v) is 11.4. The second-order valence-electron chi connectivity index (χ2n) is 17.3. The first-order valence-corrected chi connectivity index (χ1v) is 29.8. The molecular weight excluding hydrogens is 1110 g/mol. The van der Waals surface area contributed by atoms with Crippen molar-refractivity contribution in [3.05, 3.63) is 0 Å². The average Bonchev–Trinajstić information content (AvgIpc) is 3.43. The van der Waals surface area contributed by atoms with E-state index in [-0.39, 0.29) is 149 Å². The summed E-state index contributed by atoms with van der Waals surface area (Å²) >= 11 is 4.88. The minimum absolute atomic E-state index is 0.0667. The maximum atomic E-state index is 14.0. The fourth-order valence-electron chi connectivity index (χ4n) is 6.38. The fourth-order valence-corrected chi connectivity index (χ4v) is 7.05. The van der Waals surface area contributed by atoms with Gasteiger partial charge in [-0.25, -0.2) is 17.7 Å². The normalized spacial score (nSPS) is 13.2. The van der Waals surface area contributed by atoms with E-state index < -0.39 is 48.8 Å². The first-order chi connectivity index (χ1) is 38.8. The van der Waals surface area contributed by atoms with Gasteiger partial charge in [-0.05, 0) is 63.2 Å². The number of aliphatic hydroxyl groups is 1. The SMILES string of the molecule is CP(O)(=S)OCC(CO)CCCCNC(=O)COCNC(=O)C(CCCCNC(=O)COCCOCCOCCON)NC(=O)C(CCCCNC(=O)COCCOCCOCCON)NC(=O)COCCOCCOCCON. The Morgan fingerprint density at radius 1 is 0.438 bits per heavy atom. The summed E-state index contributed by atoms with van der Waals surface area (Å²) in [5.41, 5.74) is 0. The van der Waals surface area contributed by atoms with Crippen molar-refractivity contribution in [3.8, 4) is 0 Å². The number of ether oxygens (including phenoxy) is 10. The van der Waals surface area contributed by atoms with E-state index in [9.17, 15) is 38.8 Å². The van der Waals surface area contributed by atoms with Gasteiger partial charge in [0.15, 0.2) is 6.49 Å². The Hall–Kier alpha value is -3.29. The molecule has 4 atom stereocenters. The molecule has 0 aliphatic carbocycles. The van der Waals surface area contributed by atoms with E-state index in [0.29, 0.717) is 104 Å². The van der Waals surface area contributed by atoms with E-state index in [2.05, 4.69) is 46.4 Å². The average molecular weight is 1200 g/mol. The van der Waals surface area contributed by atoms with Crippen LogP contribution < -0.4 is 49.6 Å². The Labute approximate surface area is 474 Å². The zero-order chi connectivity index (χ0) is 59.0. The van der Waals surface area contributed by atoms with Crippen LogP contribution in [0.15, 0.2) is 0 Å². The van der Waals surface area contributed by atoms with Crippen molar-refractivity contribution < 1.29 is 105 Å². The highest BCUT2D eigenvalue weighted by molar-refractivity contribution is 8.09. The number of aliphatic hydroxyl groups excluding tert-OH is 1. The topological polar surface area (TPSA) is 422 Å². The Balaban J connectivity index is 5.49. The highest BCUT2D eigenvalue weighted by Gasteiger charge is 2.27. The van der Waals surface area contributed by atoms with Gasteiger partial charge >= 0.3 is 0 Å². The molecule has 6 amide bonds. The zero-order valence-corrected chi connectivity index (χ0v) is 48.3. The van der Waals surface area contributed by atoms with E-state index in [4.69, 9.17) is 81.4 Å². The molecule has 0 radical (unpaired) electrons. The molecular formula is C47H94N9O22PS. The van der Waals surface area contributed by atoms with Gasteiger partial charge in [0.25, 0.3) is 0 Å². The molecule has 4 unspecified atom stereocenters. The molecule has 80 heavy (non-hydrogen) atoms. The molecule has 0 heterocycles. The van der Waals surface area contributed by atoms with Crippen LogP contribution in [0, 0.1) is 5.92 Å². The lowest BCUT2D eigenvalue weighted by Gasteiger charge is -2.23. The monoisotopic (exact) mass is 1200 g/mol. The van der Waals surface area contributed by atoms with Crippen molar-refractivity contribution in [2.24, 2.45) is 23.6 Å². The molecule has 0 aromatic rings. The largest absolute Gasteiger partial charge is 0.396 e. The number of amides is 6. The molecule has 0 aliphatic rings. The van der Waals surface area contributed by atoms with E-state index in [1.54, 1.807) is 0 Å². The van der Waals surface area contributed by atoms with Crippen LogP contribution in [0.3, 0.4) is 0 Å². The molecule has 0 saturated carbocycles. The first kappa shape index (κ1) is 76.7. The van der Waals surface area contributed by atoms with Crippen LogP contribution in [-0.4, -0.2) is 249 Å². The quantitative estimate of drug-likeness (QED) is 0.0121. The summed E-state index contributed by atoms with van der Waals surface area (Å²) in [5.74, 6) is 11.6. The van der Waals surface area contributed by atoms with E-state index in [1.165, 1.54) is 6.66 Å². The van der Waals surface area contributed by atoms with Crippen LogP contribution in [0.5, 0.6) is 0 Å². The Morgan fingerprint density at radius 2 is 0.775 bits per heavy atom. The molecule has 470 valence electrons. The summed E-state index contributed by atoms with van der Waals surface area (Å²) in [6, 6.07) is -2.27. The number of hydrogen-bond donors (Lipinski definition) is 11. The number of carbonyl (C=O) groups excluding carboxylic acids is 6. The van der Waals surface area contributed by atoms with E-state index in [1.807, 2.05) is 0 Å². The van der Waals surface area contributed by atoms with Crippen molar-refractivity contribution in [1.82, 2.24) is 31.9 Å². The highest BCUT2D eigenvalue weighted by atomic mass is 32.5. The summed E-state index contributed by atoms with van der Waals surface area (Å²) in [4.78, 5) is 101. The van der Waals surface area contributed by atoms with E-state index >= 15 is 0 Å². The molecule has 0 aromatic heterocycles. The molecule has 0 fully saturated rings. The number of unbranched alkanes of at least 4 members (excludes halogenated alkanes) is 3. The lowest BCUT2D eigenvalue weighted by Crippen LogP contribution is -2.54. The number of rotatable bonds is 60. The number of carbonyl (C=O) groups is 6. The third-order valence-electron chi connectivity index (χ3n) is 10.5. The predicted octanol–water partition coefficient (Wildman–Crippen LogP) is -3.72. The molecule has 0 bridgehead atoms. The van der Waals surface area contributed by atoms with Crippen LogP contribution in [0.25, 0.3) is 0 Å². The van der Waals surface area contributed by atoms with Gasteiger partial charge in [0.1, 0.15) is 45.2 Å². The van der Waals surface area contributed by atoms with Crippen LogP contribution in [-0.2, 0) is 107 Å². The number of nitrogens with two attached hydrogens (primary N) is 3. The summed E-state index contributed by atoms with van der Waals surface area (Å²) in [7, 11) is 0. The van der Waals surface area contributed by atoms with Gasteiger partial charge < -0.3 is 108 Å². The maximum Gasteiger partial charge on any atom is 0.246 e. The van der Waals surface area contributed by atoms with Gasteiger partial charge in [-0.3, -0.25) is 28.8 Å². The molecule has 0 aromatic carbocycles. The lowest BCUT2D eigenvalue weighted by atomic mass is 10.0. The van der Waals surface area contributed by atoms with Gasteiger partial charge in [0.05, 0.1) is 126 Å². The van der Waals surface area contributed by atoms with Crippen molar-refractivity contribution in [2.45, 2.75) is 69.9 Å². The minimum Gasteiger partial charge on any atom is -0.396 e. The smallest absolute Gasteiger partial charge is 0.246 e. The summed E-state index contributed by atoms with van der Waals surface area (Å²) in [5, 5.41) is 25.8. The molecule has 31 nitrogen and oxygen atoms in total. The van der Waals surface area contributed by atoms with Crippen LogP contribution >= 0.6 is 6.49 Å². The number of nitrogens with one attached hydrogen (secondary N) is 6. The van der Waals surface area contributed by atoms with Gasteiger partial charge in [0.2, 0.25) is 35.4 Å². The van der Waals surface area contributed by atoms with Gasteiger partial charge in [-0.2, -0.15) is 0 Å². The number of hydrogen-bond acceptors (Lipinski definition) is 25. The summed E-state index contributed by atoms with van der Waals surface area (Å²) < 4.78 is 58.8. The molecule has 0 rings (SSSR count). The van der Waals surface area contributed by atoms with Crippen molar-refractivity contribution >= 4 is 53.7 Å². The Kier molecular flexibility index (Phi) is 53.9. The minimum atomic E-state index is -2.84. The molecule has 0 aliphatic heterocycles. The molecule has 0 spiro atoms.